The summed E-state index contributed by atoms with van der Waals surface area (Å²) in [6.45, 7) is 6.33. The highest BCUT2D eigenvalue weighted by molar-refractivity contribution is 9.10. The van der Waals surface area contributed by atoms with Gasteiger partial charge in [-0.3, -0.25) is 0 Å². The summed E-state index contributed by atoms with van der Waals surface area (Å²) in [5, 5.41) is 3.22. The molecule has 0 heterocycles. The average Bonchev–Trinajstić information content (AvgIpc) is 2.36. The van der Waals surface area contributed by atoms with Crippen molar-refractivity contribution < 1.29 is 13.2 Å². The van der Waals surface area contributed by atoms with Gasteiger partial charge in [0.2, 0.25) is 0 Å². The van der Waals surface area contributed by atoms with E-state index in [1.807, 2.05) is 6.92 Å². The highest BCUT2D eigenvalue weighted by Crippen LogP contribution is 2.33. The number of hydrogen-bond donors (Lipinski definition) is 1. The fourth-order valence-electron chi connectivity index (χ4n) is 2.05. The molecule has 5 heteroatoms. The maximum atomic E-state index is 12.8. The number of halogens is 4. The lowest BCUT2D eigenvalue weighted by atomic mass is 9.97. The number of rotatable bonds is 6. The van der Waals surface area contributed by atoms with Crippen LogP contribution < -0.4 is 5.32 Å². The van der Waals surface area contributed by atoms with Crippen LogP contribution in [0.3, 0.4) is 0 Å². The Kier molecular flexibility index (Phi) is 6.37. The molecule has 0 aliphatic heterocycles. The number of benzene rings is 1. The molecule has 0 saturated carbocycles. The van der Waals surface area contributed by atoms with Crippen LogP contribution in [0.25, 0.3) is 0 Å². The lowest BCUT2D eigenvalue weighted by molar-refractivity contribution is -0.137. The Morgan fingerprint density at radius 3 is 2.30 bits per heavy atom. The third-order valence-corrected chi connectivity index (χ3v) is 3.93. The third-order valence-electron chi connectivity index (χ3n) is 3.47. The zero-order chi connectivity index (χ0) is 15.3. The van der Waals surface area contributed by atoms with E-state index >= 15 is 0 Å². The first-order chi connectivity index (χ1) is 9.26. The molecule has 0 spiro atoms. The van der Waals surface area contributed by atoms with Crippen LogP contribution in [0.15, 0.2) is 22.7 Å². The number of nitrogens with one attached hydrogen (secondary N) is 1. The highest BCUT2D eigenvalue weighted by atomic mass is 79.9. The van der Waals surface area contributed by atoms with Gasteiger partial charge in [0, 0.05) is 16.2 Å². The van der Waals surface area contributed by atoms with Crippen molar-refractivity contribution >= 4 is 21.6 Å². The van der Waals surface area contributed by atoms with E-state index in [0.717, 1.165) is 25.3 Å². The minimum absolute atomic E-state index is 0.195. The average molecular weight is 352 g/mol. The van der Waals surface area contributed by atoms with E-state index < -0.39 is 11.7 Å². The van der Waals surface area contributed by atoms with Crippen LogP contribution in [-0.2, 0) is 6.18 Å². The van der Waals surface area contributed by atoms with Crippen molar-refractivity contribution in [3.8, 4) is 0 Å². The molecule has 0 radical (unpaired) electrons. The van der Waals surface area contributed by atoms with Crippen LogP contribution in [0, 0.1) is 5.92 Å². The fraction of sp³-hybridized carbons (Fsp3) is 0.600. The number of anilines is 1. The van der Waals surface area contributed by atoms with Crippen LogP contribution >= 0.6 is 15.9 Å². The number of alkyl halides is 3. The van der Waals surface area contributed by atoms with Crippen molar-refractivity contribution in [2.75, 3.05) is 5.32 Å². The third kappa shape index (κ3) is 5.35. The maximum absolute atomic E-state index is 12.8. The van der Waals surface area contributed by atoms with Gasteiger partial charge in [0.25, 0.3) is 0 Å². The molecule has 0 aliphatic carbocycles. The van der Waals surface area contributed by atoms with Crippen molar-refractivity contribution in [3.05, 3.63) is 28.2 Å². The van der Waals surface area contributed by atoms with Crippen LogP contribution in [0.2, 0.25) is 0 Å². The van der Waals surface area contributed by atoms with Gasteiger partial charge in [0.05, 0.1) is 5.56 Å². The zero-order valence-electron chi connectivity index (χ0n) is 12.0. The van der Waals surface area contributed by atoms with Gasteiger partial charge in [-0.2, -0.15) is 13.2 Å². The van der Waals surface area contributed by atoms with Gasteiger partial charge in [0.1, 0.15) is 0 Å². The second kappa shape index (κ2) is 7.34. The molecule has 114 valence electrons. The molecule has 1 N–H and O–H groups in total. The summed E-state index contributed by atoms with van der Waals surface area (Å²) in [6, 6.07) is 4.15. The number of hydrogen-bond acceptors (Lipinski definition) is 1. The predicted octanol–water partition coefficient (Wildman–Crippen LogP) is 6.09. The summed E-state index contributed by atoms with van der Waals surface area (Å²) in [6.07, 6.45) is -1.40. The van der Waals surface area contributed by atoms with E-state index in [4.69, 9.17) is 0 Å². The van der Waals surface area contributed by atoms with E-state index in [9.17, 15) is 13.2 Å². The first-order valence-corrected chi connectivity index (χ1v) is 7.69. The normalized spacial score (nSPS) is 14.9. The second-order valence-electron chi connectivity index (χ2n) is 5.22. The summed E-state index contributed by atoms with van der Waals surface area (Å²) in [4.78, 5) is 0. The molecule has 1 nitrogen and oxygen atoms in total. The quantitative estimate of drug-likeness (QED) is 0.653. The topological polar surface area (TPSA) is 12.0 Å². The smallest absolute Gasteiger partial charge is 0.382 e. The van der Waals surface area contributed by atoms with Crippen molar-refractivity contribution in [1.82, 2.24) is 0 Å². The van der Waals surface area contributed by atoms with Crippen molar-refractivity contribution in [2.24, 2.45) is 5.92 Å². The summed E-state index contributed by atoms with van der Waals surface area (Å²) < 4.78 is 38.8. The lowest BCUT2D eigenvalue weighted by Gasteiger charge is -2.22. The van der Waals surface area contributed by atoms with Crippen molar-refractivity contribution in [2.45, 2.75) is 52.3 Å². The van der Waals surface area contributed by atoms with E-state index in [0.29, 0.717) is 16.1 Å². The molecule has 2 atom stereocenters. The van der Waals surface area contributed by atoms with Gasteiger partial charge < -0.3 is 5.32 Å². The first-order valence-electron chi connectivity index (χ1n) is 6.90. The van der Waals surface area contributed by atoms with Crippen LogP contribution in [-0.4, -0.2) is 6.04 Å². The Hall–Kier alpha value is -0.710. The first kappa shape index (κ1) is 17.3. The van der Waals surface area contributed by atoms with Crippen LogP contribution in [0.5, 0.6) is 0 Å². The SMILES string of the molecule is CCC(C)CC(CC)Nc1cc(Br)cc(C(F)(F)F)c1. The Balaban J connectivity index is 2.88. The van der Waals surface area contributed by atoms with Crippen LogP contribution in [0.1, 0.15) is 45.6 Å². The molecule has 2 unspecified atom stereocenters. The van der Waals surface area contributed by atoms with Gasteiger partial charge in [0.15, 0.2) is 0 Å². The standard InChI is InChI=1S/C15H21BrF3N/c1-4-10(3)6-13(5-2)20-14-8-11(15(17,18)19)7-12(16)9-14/h7-10,13,20H,4-6H2,1-3H3. The fourth-order valence-corrected chi connectivity index (χ4v) is 2.55. The van der Waals surface area contributed by atoms with E-state index in [1.165, 1.54) is 6.07 Å². The Bertz CT molecular complexity index is 432. The molecular weight excluding hydrogens is 331 g/mol. The lowest BCUT2D eigenvalue weighted by Crippen LogP contribution is -2.21. The largest absolute Gasteiger partial charge is 0.416 e. The molecule has 0 fully saturated rings. The second-order valence-corrected chi connectivity index (χ2v) is 6.14. The Morgan fingerprint density at radius 2 is 1.80 bits per heavy atom. The van der Waals surface area contributed by atoms with Gasteiger partial charge in [-0.05, 0) is 37.0 Å². The highest BCUT2D eigenvalue weighted by Gasteiger charge is 2.31. The van der Waals surface area contributed by atoms with Crippen molar-refractivity contribution in [1.29, 1.82) is 0 Å². The molecule has 1 aromatic rings. The van der Waals surface area contributed by atoms with Gasteiger partial charge in [-0.25, -0.2) is 0 Å². The van der Waals surface area contributed by atoms with Gasteiger partial charge in [-0.1, -0.05) is 43.1 Å². The monoisotopic (exact) mass is 351 g/mol. The molecular formula is C15H21BrF3N. The maximum Gasteiger partial charge on any atom is 0.416 e. The Labute approximate surface area is 127 Å². The van der Waals surface area contributed by atoms with Crippen molar-refractivity contribution in [3.63, 3.8) is 0 Å². The van der Waals surface area contributed by atoms with E-state index in [1.54, 1.807) is 6.07 Å². The molecule has 0 bridgehead atoms. The summed E-state index contributed by atoms with van der Waals surface area (Å²) in [7, 11) is 0. The summed E-state index contributed by atoms with van der Waals surface area (Å²) in [5.41, 5.74) is -0.116. The van der Waals surface area contributed by atoms with Gasteiger partial charge in [-0.15, -0.1) is 0 Å². The zero-order valence-corrected chi connectivity index (χ0v) is 13.6. The van der Waals surface area contributed by atoms with Crippen LogP contribution in [0.4, 0.5) is 18.9 Å². The van der Waals surface area contributed by atoms with E-state index in [-0.39, 0.29) is 6.04 Å². The minimum Gasteiger partial charge on any atom is -0.382 e. The molecule has 0 aromatic heterocycles. The molecule has 1 rings (SSSR count). The molecule has 0 aliphatic rings. The molecule has 0 amide bonds. The summed E-state index contributed by atoms with van der Waals surface area (Å²) in [5.74, 6) is 0.557. The summed E-state index contributed by atoms with van der Waals surface area (Å²) >= 11 is 3.14. The Morgan fingerprint density at radius 1 is 1.15 bits per heavy atom. The molecule has 1 aromatic carbocycles. The predicted molar refractivity (Wildman–Crippen MR) is 80.9 cm³/mol. The molecule has 20 heavy (non-hydrogen) atoms. The molecule has 0 saturated heterocycles. The minimum atomic E-state index is -4.32. The van der Waals surface area contributed by atoms with E-state index in [2.05, 4.69) is 35.1 Å². The van der Waals surface area contributed by atoms with Gasteiger partial charge >= 0.3 is 6.18 Å².